The molecule has 1 aromatic heterocycles. The molecule has 1 heterocycles. The first kappa shape index (κ1) is 12.8. The quantitative estimate of drug-likeness (QED) is 0.774. The van der Waals surface area contributed by atoms with Crippen LogP contribution >= 0.6 is 11.3 Å². The molecule has 3 rings (SSSR count). The highest BCUT2D eigenvalue weighted by atomic mass is 32.1. The van der Waals surface area contributed by atoms with E-state index in [9.17, 15) is 0 Å². The zero-order valence-corrected chi connectivity index (χ0v) is 12.0. The Morgan fingerprint density at radius 3 is 2.79 bits per heavy atom. The lowest BCUT2D eigenvalue weighted by atomic mass is 10.2. The standard InChI is InChI=1S/C16H20N2S/c1-2-6-13(7-3-1)15-12-19-16(18-15)8-4-5-11-17-14-9-10-14/h1-3,6-7,12,14,17H,4-5,8-11H2. The lowest BCUT2D eigenvalue weighted by molar-refractivity contribution is 0.619. The fourth-order valence-corrected chi connectivity index (χ4v) is 3.01. The van der Waals surface area contributed by atoms with Crippen molar-refractivity contribution in [3.8, 4) is 11.3 Å². The monoisotopic (exact) mass is 272 g/mol. The number of benzene rings is 1. The van der Waals surface area contributed by atoms with Crippen LogP contribution in [-0.2, 0) is 6.42 Å². The summed E-state index contributed by atoms with van der Waals surface area (Å²) in [6.07, 6.45) is 6.38. The van der Waals surface area contributed by atoms with Gasteiger partial charge in [-0.05, 0) is 38.6 Å². The van der Waals surface area contributed by atoms with Gasteiger partial charge in [0.25, 0.3) is 0 Å². The Bertz CT molecular complexity index is 502. The third-order valence-corrected chi connectivity index (χ3v) is 4.36. The third kappa shape index (κ3) is 3.88. The van der Waals surface area contributed by atoms with E-state index in [0.717, 1.165) is 18.2 Å². The second-order valence-electron chi connectivity index (χ2n) is 5.18. The third-order valence-electron chi connectivity index (χ3n) is 3.45. The molecule has 1 fully saturated rings. The van der Waals surface area contributed by atoms with E-state index < -0.39 is 0 Å². The zero-order chi connectivity index (χ0) is 12.9. The van der Waals surface area contributed by atoms with Crippen LogP contribution in [0.1, 0.15) is 30.7 Å². The van der Waals surface area contributed by atoms with Gasteiger partial charge in [-0.25, -0.2) is 4.98 Å². The van der Waals surface area contributed by atoms with Gasteiger partial charge >= 0.3 is 0 Å². The average Bonchev–Trinajstić information content (AvgIpc) is 3.16. The molecule has 0 atom stereocenters. The molecule has 2 nitrogen and oxygen atoms in total. The Balaban J connectivity index is 1.45. The number of thiazole rings is 1. The summed E-state index contributed by atoms with van der Waals surface area (Å²) >= 11 is 1.79. The van der Waals surface area contributed by atoms with Crippen LogP contribution in [0.5, 0.6) is 0 Å². The van der Waals surface area contributed by atoms with Gasteiger partial charge in [0.1, 0.15) is 0 Å². The molecular weight excluding hydrogens is 252 g/mol. The van der Waals surface area contributed by atoms with Crippen molar-refractivity contribution in [3.63, 3.8) is 0 Å². The van der Waals surface area contributed by atoms with E-state index in [0.29, 0.717) is 0 Å². The number of hydrogen-bond acceptors (Lipinski definition) is 3. The lowest BCUT2D eigenvalue weighted by Gasteiger charge is -2.01. The maximum absolute atomic E-state index is 4.72. The predicted octanol–water partition coefficient (Wildman–Crippen LogP) is 3.88. The molecule has 1 N–H and O–H groups in total. The Kier molecular flexibility index (Phi) is 4.26. The van der Waals surface area contributed by atoms with Crippen molar-refractivity contribution >= 4 is 11.3 Å². The Morgan fingerprint density at radius 1 is 1.16 bits per heavy atom. The van der Waals surface area contributed by atoms with Crippen molar-refractivity contribution in [3.05, 3.63) is 40.7 Å². The SMILES string of the molecule is c1ccc(-c2csc(CCCCNC3CC3)n2)cc1. The first-order valence-corrected chi connectivity index (χ1v) is 8.03. The number of rotatable bonds is 7. The van der Waals surface area contributed by atoms with Gasteiger partial charge in [-0.1, -0.05) is 30.3 Å². The minimum absolute atomic E-state index is 0.838. The molecule has 0 unspecified atom stereocenters. The molecule has 2 aromatic rings. The van der Waals surface area contributed by atoms with Crippen LogP contribution in [0.4, 0.5) is 0 Å². The average molecular weight is 272 g/mol. The molecule has 19 heavy (non-hydrogen) atoms. The van der Waals surface area contributed by atoms with Gasteiger partial charge < -0.3 is 5.32 Å². The van der Waals surface area contributed by atoms with Gasteiger partial charge in [0.05, 0.1) is 10.7 Å². The van der Waals surface area contributed by atoms with Crippen molar-refractivity contribution in [1.29, 1.82) is 0 Å². The minimum atomic E-state index is 0.838. The van der Waals surface area contributed by atoms with E-state index in [2.05, 4.69) is 35.0 Å². The second-order valence-corrected chi connectivity index (χ2v) is 6.12. The Hall–Kier alpha value is -1.19. The van der Waals surface area contributed by atoms with Crippen molar-refractivity contribution in [2.24, 2.45) is 0 Å². The number of nitrogens with one attached hydrogen (secondary N) is 1. The molecule has 3 heteroatoms. The first-order valence-electron chi connectivity index (χ1n) is 7.15. The van der Waals surface area contributed by atoms with Crippen LogP contribution in [0.15, 0.2) is 35.7 Å². The fraction of sp³-hybridized carbons (Fsp3) is 0.438. The molecule has 1 aliphatic carbocycles. The van der Waals surface area contributed by atoms with E-state index in [-0.39, 0.29) is 0 Å². The first-order chi connectivity index (χ1) is 9.42. The van der Waals surface area contributed by atoms with Crippen molar-refractivity contribution in [2.45, 2.75) is 38.1 Å². The van der Waals surface area contributed by atoms with Gasteiger partial charge in [0.2, 0.25) is 0 Å². The van der Waals surface area contributed by atoms with Crippen LogP contribution in [-0.4, -0.2) is 17.6 Å². The molecule has 0 amide bonds. The second kappa shape index (κ2) is 6.31. The molecule has 0 radical (unpaired) electrons. The van der Waals surface area contributed by atoms with E-state index in [4.69, 9.17) is 4.98 Å². The highest BCUT2D eigenvalue weighted by Gasteiger charge is 2.19. The van der Waals surface area contributed by atoms with E-state index in [1.165, 1.54) is 42.8 Å². The fourth-order valence-electron chi connectivity index (χ4n) is 2.16. The molecule has 0 bridgehead atoms. The maximum Gasteiger partial charge on any atom is 0.0932 e. The zero-order valence-electron chi connectivity index (χ0n) is 11.1. The van der Waals surface area contributed by atoms with Crippen molar-refractivity contribution in [1.82, 2.24) is 10.3 Å². The maximum atomic E-state index is 4.72. The topological polar surface area (TPSA) is 24.9 Å². The highest BCUT2D eigenvalue weighted by molar-refractivity contribution is 7.09. The summed E-state index contributed by atoms with van der Waals surface area (Å²) in [5.41, 5.74) is 2.34. The van der Waals surface area contributed by atoms with Gasteiger partial charge in [0, 0.05) is 17.0 Å². The van der Waals surface area contributed by atoms with Gasteiger partial charge in [-0.15, -0.1) is 11.3 Å². The van der Waals surface area contributed by atoms with E-state index in [1.807, 2.05) is 6.07 Å². The Morgan fingerprint density at radius 2 is 2.00 bits per heavy atom. The summed E-state index contributed by atoms with van der Waals surface area (Å²) in [5, 5.41) is 7.00. The lowest BCUT2D eigenvalue weighted by Crippen LogP contribution is -2.17. The summed E-state index contributed by atoms with van der Waals surface area (Å²) in [6.45, 7) is 1.17. The number of aryl methyl sites for hydroxylation is 1. The molecule has 1 aromatic carbocycles. The van der Waals surface area contributed by atoms with Crippen LogP contribution in [0.3, 0.4) is 0 Å². The summed E-state index contributed by atoms with van der Waals surface area (Å²) in [4.78, 5) is 4.72. The molecule has 100 valence electrons. The van der Waals surface area contributed by atoms with E-state index >= 15 is 0 Å². The summed E-state index contributed by atoms with van der Waals surface area (Å²) in [5.74, 6) is 0. The molecule has 0 spiro atoms. The van der Waals surface area contributed by atoms with Crippen molar-refractivity contribution in [2.75, 3.05) is 6.54 Å². The summed E-state index contributed by atoms with van der Waals surface area (Å²) in [7, 11) is 0. The largest absolute Gasteiger partial charge is 0.314 e. The van der Waals surface area contributed by atoms with Crippen LogP contribution in [0.2, 0.25) is 0 Å². The number of aromatic nitrogens is 1. The van der Waals surface area contributed by atoms with Crippen molar-refractivity contribution < 1.29 is 0 Å². The molecule has 1 aliphatic rings. The molecule has 0 saturated heterocycles. The van der Waals surface area contributed by atoms with Crippen LogP contribution in [0, 0.1) is 0 Å². The highest BCUT2D eigenvalue weighted by Crippen LogP contribution is 2.22. The number of nitrogens with zero attached hydrogens (tertiary/aromatic N) is 1. The van der Waals surface area contributed by atoms with Gasteiger partial charge in [-0.2, -0.15) is 0 Å². The van der Waals surface area contributed by atoms with Crippen LogP contribution in [0.25, 0.3) is 11.3 Å². The normalized spacial score (nSPS) is 14.7. The van der Waals surface area contributed by atoms with Gasteiger partial charge in [-0.3, -0.25) is 0 Å². The summed E-state index contributed by atoms with van der Waals surface area (Å²) < 4.78 is 0. The van der Waals surface area contributed by atoms with Crippen LogP contribution < -0.4 is 5.32 Å². The summed E-state index contributed by atoms with van der Waals surface area (Å²) in [6, 6.07) is 11.3. The smallest absolute Gasteiger partial charge is 0.0932 e. The Labute approximate surface area is 118 Å². The molecule has 1 saturated carbocycles. The van der Waals surface area contributed by atoms with E-state index in [1.54, 1.807) is 11.3 Å². The molecular formula is C16H20N2S. The predicted molar refractivity (Wildman–Crippen MR) is 81.5 cm³/mol. The number of unbranched alkanes of at least 4 members (excludes halogenated alkanes) is 1. The molecule has 0 aliphatic heterocycles. The number of hydrogen-bond donors (Lipinski definition) is 1. The van der Waals surface area contributed by atoms with Gasteiger partial charge in [0.15, 0.2) is 0 Å². The minimum Gasteiger partial charge on any atom is -0.314 e.